The molecule has 1 heterocycles. The molecule has 10 heavy (non-hydrogen) atoms. The van der Waals surface area contributed by atoms with Gasteiger partial charge in [-0.1, -0.05) is 0 Å². The molecule has 3 nitrogen and oxygen atoms in total. The van der Waals surface area contributed by atoms with Crippen LogP contribution in [-0.2, 0) is 0 Å². The van der Waals surface area contributed by atoms with Crippen LogP contribution in [0.25, 0.3) is 0 Å². The summed E-state index contributed by atoms with van der Waals surface area (Å²) in [5, 5.41) is 3.06. The summed E-state index contributed by atoms with van der Waals surface area (Å²) in [6, 6.07) is 0.477. The smallest absolute Gasteiger partial charge is 0.125 e. The fourth-order valence-corrected chi connectivity index (χ4v) is 0.910. The quantitative estimate of drug-likeness (QED) is 0.673. The van der Waals surface area contributed by atoms with Gasteiger partial charge in [0, 0.05) is 13.1 Å². The third kappa shape index (κ3) is 1.12. The molecule has 0 spiro atoms. The summed E-state index contributed by atoms with van der Waals surface area (Å²) in [7, 11) is 1.90. The van der Waals surface area contributed by atoms with E-state index in [-0.39, 0.29) is 0 Å². The summed E-state index contributed by atoms with van der Waals surface area (Å²) in [6.07, 6.45) is 3.65. The second kappa shape index (κ2) is 2.73. The summed E-state index contributed by atoms with van der Waals surface area (Å²) in [5.74, 6) is 1.06. The van der Waals surface area contributed by atoms with Crippen LogP contribution in [0.1, 0.15) is 19.9 Å². The Hall–Kier alpha value is -0.990. The van der Waals surface area contributed by atoms with Crippen LogP contribution in [0.3, 0.4) is 0 Å². The average Bonchev–Trinajstić information content (AvgIpc) is 2.33. The van der Waals surface area contributed by atoms with Crippen molar-refractivity contribution in [1.82, 2.24) is 9.55 Å². The highest BCUT2D eigenvalue weighted by molar-refractivity contribution is 5.31. The fourth-order valence-electron chi connectivity index (χ4n) is 0.910. The minimum atomic E-state index is 0.477. The highest BCUT2D eigenvalue weighted by atomic mass is 15.2. The van der Waals surface area contributed by atoms with Crippen molar-refractivity contribution in [2.24, 2.45) is 0 Å². The molecule has 1 aromatic heterocycles. The van der Waals surface area contributed by atoms with Crippen LogP contribution in [0, 0.1) is 0 Å². The lowest BCUT2D eigenvalue weighted by Gasteiger charge is -2.09. The van der Waals surface area contributed by atoms with Crippen molar-refractivity contribution in [3.63, 3.8) is 0 Å². The molecule has 0 unspecified atom stereocenters. The molecule has 0 aliphatic rings. The molecule has 0 saturated heterocycles. The zero-order valence-electron chi connectivity index (χ0n) is 6.63. The number of hydrogen-bond acceptors (Lipinski definition) is 2. The van der Waals surface area contributed by atoms with Crippen molar-refractivity contribution in [3.8, 4) is 0 Å². The van der Waals surface area contributed by atoms with Crippen LogP contribution in [-0.4, -0.2) is 16.6 Å². The number of nitrogens with zero attached hydrogens (tertiary/aromatic N) is 2. The standard InChI is InChI=1S/C7H13N3/c1-6(2)10-5-9-4-7(10)8-3/h4-6,8H,1-3H3. The Bertz CT molecular complexity index is 202. The van der Waals surface area contributed by atoms with E-state index in [1.165, 1.54) is 0 Å². The Labute approximate surface area is 61.1 Å². The van der Waals surface area contributed by atoms with Gasteiger partial charge < -0.3 is 9.88 Å². The van der Waals surface area contributed by atoms with Gasteiger partial charge in [-0.15, -0.1) is 0 Å². The lowest BCUT2D eigenvalue weighted by atomic mass is 10.4. The second-order valence-electron chi connectivity index (χ2n) is 2.53. The van der Waals surface area contributed by atoms with Gasteiger partial charge in [0.15, 0.2) is 0 Å². The van der Waals surface area contributed by atoms with Gasteiger partial charge in [0.1, 0.15) is 5.82 Å². The van der Waals surface area contributed by atoms with Crippen molar-refractivity contribution in [1.29, 1.82) is 0 Å². The van der Waals surface area contributed by atoms with Gasteiger partial charge in [-0.05, 0) is 13.8 Å². The van der Waals surface area contributed by atoms with Gasteiger partial charge in [-0.25, -0.2) is 4.98 Å². The van der Waals surface area contributed by atoms with E-state index in [1.807, 2.05) is 19.6 Å². The van der Waals surface area contributed by atoms with Crippen molar-refractivity contribution in [2.45, 2.75) is 19.9 Å². The molecule has 0 aromatic carbocycles. The number of nitrogens with one attached hydrogen (secondary N) is 1. The van der Waals surface area contributed by atoms with E-state index in [9.17, 15) is 0 Å². The van der Waals surface area contributed by atoms with Crippen LogP contribution in [0.2, 0.25) is 0 Å². The summed E-state index contributed by atoms with van der Waals surface area (Å²) >= 11 is 0. The summed E-state index contributed by atoms with van der Waals surface area (Å²) < 4.78 is 2.08. The van der Waals surface area contributed by atoms with E-state index >= 15 is 0 Å². The summed E-state index contributed by atoms with van der Waals surface area (Å²) in [4.78, 5) is 4.01. The monoisotopic (exact) mass is 139 g/mol. The molecule has 1 rings (SSSR count). The van der Waals surface area contributed by atoms with E-state index in [1.54, 1.807) is 0 Å². The van der Waals surface area contributed by atoms with Crippen molar-refractivity contribution < 1.29 is 0 Å². The molecule has 1 N–H and O–H groups in total. The van der Waals surface area contributed by atoms with Gasteiger partial charge >= 0.3 is 0 Å². The van der Waals surface area contributed by atoms with E-state index in [0.29, 0.717) is 6.04 Å². The molecule has 0 fully saturated rings. The maximum Gasteiger partial charge on any atom is 0.125 e. The highest BCUT2D eigenvalue weighted by Crippen LogP contribution is 2.11. The van der Waals surface area contributed by atoms with Gasteiger partial charge in [0.05, 0.1) is 12.5 Å². The minimum absolute atomic E-state index is 0.477. The van der Waals surface area contributed by atoms with Gasteiger partial charge in [-0.2, -0.15) is 0 Å². The minimum Gasteiger partial charge on any atom is -0.373 e. The Balaban J connectivity index is 2.90. The zero-order valence-corrected chi connectivity index (χ0v) is 6.63. The molecule has 56 valence electrons. The first-order valence-electron chi connectivity index (χ1n) is 3.45. The van der Waals surface area contributed by atoms with Gasteiger partial charge in [-0.3, -0.25) is 0 Å². The number of imidazole rings is 1. The molecule has 0 aliphatic heterocycles. The lowest BCUT2D eigenvalue weighted by Crippen LogP contribution is -2.03. The van der Waals surface area contributed by atoms with E-state index in [2.05, 4.69) is 28.7 Å². The summed E-state index contributed by atoms with van der Waals surface area (Å²) in [6.45, 7) is 4.26. The third-order valence-corrected chi connectivity index (χ3v) is 1.48. The molecule has 0 saturated carbocycles. The fraction of sp³-hybridized carbons (Fsp3) is 0.571. The van der Waals surface area contributed by atoms with Crippen molar-refractivity contribution in [3.05, 3.63) is 12.5 Å². The first kappa shape index (κ1) is 7.12. The topological polar surface area (TPSA) is 29.9 Å². The molecule has 1 aromatic rings. The SMILES string of the molecule is CNc1cncn1C(C)C. The van der Waals surface area contributed by atoms with Crippen LogP contribution in [0.15, 0.2) is 12.5 Å². The highest BCUT2D eigenvalue weighted by Gasteiger charge is 2.00. The van der Waals surface area contributed by atoms with Crippen molar-refractivity contribution in [2.75, 3.05) is 12.4 Å². The van der Waals surface area contributed by atoms with Crippen LogP contribution in [0.5, 0.6) is 0 Å². The van der Waals surface area contributed by atoms with Crippen LogP contribution < -0.4 is 5.32 Å². The zero-order chi connectivity index (χ0) is 7.56. The molecule has 0 aliphatic carbocycles. The largest absolute Gasteiger partial charge is 0.373 e. The molecule has 0 bridgehead atoms. The van der Waals surface area contributed by atoms with Crippen molar-refractivity contribution >= 4 is 5.82 Å². The number of rotatable bonds is 2. The maximum absolute atomic E-state index is 4.01. The van der Waals surface area contributed by atoms with E-state index in [0.717, 1.165) is 5.82 Å². The lowest BCUT2D eigenvalue weighted by molar-refractivity contribution is 0.605. The van der Waals surface area contributed by atoms with Crippen LogP contribution >= 0.6 is 0 Å². The van der Waals surface area contributed by atoms with Gasteiger partial charge in [0.2, 0.25) is 0 Å². The Morgan fingerprint density at radius 1 is 1.60 bits per heavy atom. The number of anilines is 1. The molecule has 0 radical (unpaired) electrons. The Morgan fingerprint density at radius 3 is 2.70 bits per heavy atom. The predicted molar refractivity (Wildman–Crippen MR) is 42.2 cm³/mol. The normalized spacial score (nSPS) is 10.4. The van der Waals surface area contributed by atoms with Crippen LogP contribution in [0.4, 0.5) is 5.82 Å². The Kier molecular flexibility index (Phi) is 1.94. The molecule has 0 amide bonds. The second-order valence-corrected chi connectivity index (χ2v) is 2.53. The maximum atomic E-state index is 4.01. The average molecular weight is 139 g/mol. The Morgan fingerprint density at radius 2 is 2.30 bits per heavy atom. The van der Waals surface area contributed by atoms with E-state index in [4.69, 9.17) is 0 Å². The van der Waals surface area contributed by atoms with Gasteiger partial charge in [0.25, 0.3) is 0 Å². The van der Waals surface area contributed by atoms with E-state index < -0.39 is 0 Å². The number of aromatic nitrogens is 2. The molecular weight excluding hydrogens is 126 g/mol. The predicted octanol–water partition coefficient (Wildman–Crippen LogP) is 1.51. The molecule has 3 heteroatoms. The molecular formula is C7H13N3. The number of hydrogen-bond donors (Lipinski definition) is 1. The first-order chi connectivity index (χ1) is 4.75. The summed E-state index contributed by atoms with van der Waals surface area (Å²) in [5.41, 5.74) is 0. The first-order valence-corrected chi connectivity index (χ1v) is 3.45. The molecule has 0 atom stereocenters. The third-order valence-electron chi connectivity index (χ3n) is 1.48.